The summed E-state index contributed by atoms with van der Waals surface area (Å²) in [5.41, 5.74) is 0.813. The van der Waals surface area contributed by atoms with E-state index in [1.54, 1.807) is 11.8 Å². The van der Waals surface area contributed by atoms with Crippen LogP contribution in [0, 0.1) is 23.0 Å². The van der Waals surface area contributed by atoms with Gasteiger partial charge in [-0.15, -0.1) is 0 Å². The van der Waals surface area contributed by atoms with Crippen LogP contribution in [0.2, 0.25) is 0 Å². The number of nitro groups is 1. The third-order valence-electron chi connectivity index (χ3n) is 6.47. The minimum Gasteiger partial charge on any atom is -0.353 e. The molecule has 8 heteroatoms. The van der Waals surface area contributed by atoms with E-state index in [-0.39, 0.29) is 23.5 Å². The number of nitrogens with zero attached hydrogens (tertiary/aromatic N) is 3. The third-order valence-corrected chi connectivity index (χ3v) is 6.47. The van der Waals surface area contributed by atoms with Gasteiger partial charge in [0.25, 0.3) is 11.6 Å². The van der Waals surface area contributed by atoms with E-state index >= 15 is 0 Å². The molecule has 2 saturated heterocycles. The summed E-state index contributed by atoms with van der Waals surface area (Å²) in [5, 5.41) is 14.1. The molecule has 2 heterocycles. The van der Waals surface area contributed by atoms with Crippen LogP contribution in [0.5, 0.6) is 0 Å². The van der Waals surface area contributed by atoms with Gasteiger partial charge in [-0.05, 0) is 70.7 Å². The molecule has 8 nitrogen and oxygen atoms in total. The first-order valence-electron chi connectivity index (χ1n) is 10.9. The van der Waals surface area contributed by atoms with Crippen LogP contribution in [0.15, 0.2) is 18.2 Å². The Hall–Kier alpha value is -2.48. The molecular weight excluding hydrogens is 384 g/mol. The van der Waals surface area contributed by atoms with Gasteiger partial charge < -0.3 is 10.2 Å². The summed E-state index contributed by atoms with van der Waals surface area (Å²) >= 11 is 0. The maximum atomic E-state index is 13.0. The molecule has 2 aliphatic heterocycles. The van der Waals surface area contributed by atoms with E-state index in [2.05, 4.69) is 24.1 Å². The van der Waals surface area contributed by atoms with Crippen molar-refractivity contribution < 1.29 is 14.5 Å². The van der Waals surface area contributed by atoms with Gasteiger partial charge in [-0.1, -0.05) is 6.92 Å². The van der Waals surface area contributed by atoms with Gasteiger partial charge >= 0.3 is 0 Å². The Kier molecular flexibility index (Phi) is 7.07. The molecule has 1 aromatic rings. The van der Waals surface area contributed by atoms with Crippen molar-refractivity contribution in [2.24, 2.45) is 5.92 Å². The average Bonchev–Trinajstić information content (AvgIpc) is 3.21. The quantitative estimate of drug-likeness (QED) is 0.568. The van der Waals surface area contributed by atoms with Crippen LogP contribution in [-0.4, -0.2) is 64.8 Å². The highest BCUT2D eigenvalue weighted by Crippen LogP contribution is 2.24. The topological polar surface area (TPSA) is 95.8 Å². The number of aryl methyl sites for hydroxylation is 1. The fraction of sp³-hybridized carbons (Fsp3) is 0.636. The first-order valence-corrected chi connectivity index (χ1v) is 10.9. The van der Waals surface area contributed by atoms with Crippen molar-refractivity contribution in [3.8, 4) is 0 Å². The molecule has 0 aromatic heterocycles. The molecule has 2 fully saturated rings. The zero-order chi connectivity index (χ0) is 21.8. The van der Waals surface area contributed by atoms with E-state index in [4.69, 9.17) is 0 Å². The molecule has 0 bridgehead atoms. The smallest absolute Gasteiger partial charge is 0.272 e. The minimum absolute atomic E-state index is 0.0108. The van der Waals surface area contributed by atoms with Crippen LogP contribution < -0.4 is 5.32 Å². The summed E-state index contributed by atoms with van der Waals surface area (Å²) in [5.74, 6) is 0.407. The number of nitro benzene ring substituents is 1. The van der Waals surface area contributed by atoms with Crippen molar-refractivity contribution in [3.05, 3.63) is 39.4 Å². The van der Waals surface area contributed by atoms with Crippen molar-refractivity contribution in [1.29, 1.82) is 0 Å². The number of hydrogen-bond acceptors (Lipinski definition) is 5. The highest BCUT2D eigenvalue weighted by atomic mass is 16.6. The van der Waals surface area contributed by atoms with E-state index in [0.29, 0.717) is 30.6 Å². The van der Waals surface area contributed by atoms with Gasteiger partial charge in [0, 0.05) is 36.3 Å². The Morgan fingerprint density at radius 2 is 1.93 bits per heavy atom. The van der Waals surface area contributed by atoms with Crippen LogP contribution in [0.1, 0.15) is 55.5 Å². The van der Waals surface area contributed by atoms with E-state index in [0.717, 1.165) is 25.4 Å². The van der Waals surface area contributed by atoms with Gasteiger partial charge in [0.05, 0.1) is 4.92 Å². The second-order valence-corrected chi connectivity index (χ2v) is 8.73. The summed E-state index contributed by atoms with van der Waals surface area (Å²) in [6, 6.07) is 4.15. The Bertz CT molecular complexity index is 804. The van der Waals surface area contributed by atoms with Gasteiger partial charge in [-0.2, -0.15) is 0 Å². The Morgan fingerprint density at radius 1 is 1.23 bits per heavy atom. The lowest BCUT2D eigenvalue weighted by molar-refractivity contribution is -0.385. The van der Waals surface area contributed by atoms with Crippen molar-refractivity contribution in [1.82, 2.24) is 15.1 Å². The molecule has 0 aliphatic carbocycles. The number of likely N-dealkylation sites (tertiary alicyclic amines) is 2. The van der Waals surface area contributed by atoms with Gasteiger partial charge in [0.2, 0.25) is 5.91 Å². The Morgan fingerprint density at radius 3 is 2.57 bits per heavy atom. The zero-order valence-electron chi connectivity index (χ0n) is 18.1. The molecule has 3 rings (SSSR count). The van der Waals surface area contributed by atoms with Crippen LogP contribution in [0.4, 0.5) is 5.69 Å². The molecule has 0 saturated carbocycles. The maximum absolute atomic E-state index is 13.0. The Balaban J connectivity index is 1.59. The van der Waals surface area contributed by atoms with Crippen LogP contribution in [-0.2, 0) is 4.79 Å². The van der Waals surface area contributed by atoms with Gasteiger partial charge in [0.1, 0.15) is 6.04 Å². The first kappa shape index (κ1) is 22.2. The number of carbonyl (C=O) groups is 2. The second kappa shape index (κ2) is 9.55. The average molecular weight is 417 g/mol. The number of nitrogens with one attached hydrogen (secondary N) is 1. The molecule has 2 aliphatic rings. The number of benzene rings is 1. The lowest BCUT2D eigenvalue weighted by atomic mass is 9.98. The summed E-state index contributed by atoms with van der Waals surface area (Å²) in [6.07, 6.45) is 3.80. The summed E-state index contributed by atoms with van der Waals surface area (Å²) in [7, 11) is 0. The largest absolute Gasteiger partial charge is 0.353 e. The van der Waals surface area contributed by atoms with Gasteiger partial charge in [-0.3, -0.25) is 24.6 Å². The summed E-state index contributed by atoms with van der Waals surface area (Å²) in [4.78, 5) is 40.4. The van der Waals surface area contributed by atoms with E-state index in [9.17, 15) is 19.7 Å². The lowest BCUT2D eigenvalue weighted by Crippen LogP contribution is -2.50. The fourth-order valence-corrected chi connectivity index (χ4v) is 4.41. The molecule has 1 aromatic carbocycles. The molecule has 1 N–H and O–H groups in total. The summed E-state index contributed by atoms with van der Waals surface area (Å²) < 4.78 is 0. The van der Waals surface area contributed by atoms with Crippen molar-refractivity contribution >= 4 is 17.5 Å². The molecule has 2 amide bonds. The fourth-order valence-electron chi connectivity index (χ4n) is 4.41. The first-order chi connectivity index (χ1) is 14.3. The van der Waals surface area contributed by atoms with Gasteiger partial charge in [-0.25, -0.2) is 0 Å². The van der Waals surface area contributed by atoms with E-state index in [1.807, 2.05) is 0 Å². The Labute approximate surface area is 177 Å². The SMILES string of the molecule is Cc1cc(C(=O)N2CCCC2C(=O)NCC(C)N2CCC(C)CC2)ccc1[N+](=O)[O-]. The number of piperidine rings is 1. The molecule has 0 spiro atoms. The van der Waals surface area contributed by atoms with Crippen molar-refractivity contribution in [3.63, 3.8) is 0 Å². The normalized spacial score (nSPS) is 21.4. The van der Waals surface area contributed by atoms with E-state index in [1.165, 1.54) is 31.0 Å². The van der Waals surface area contributed by atoms with Crippen LogP contribution in [0.3, 0.4) is 0 Å². The molecule has 2 atom stereocenters. The number of carbonyl (C=O) groups excluding carboxylic acids is 2. The van der Waals surface area contributed by atoms with Crippen molar-refractivity contribution in [2.75, 3.05) is 26.2 Å². The summed E-state index contributed by atoms with van der Waals surface area (Å²) in [6.45, 7) is 9.24. The minimum atomic E-state index is -0.485. The van der Waals surface area contributed by atoms with Gasteiger partial charge in [0.15, 0.2) is 0 Å². The zero-order valence-corrected chi connectivity index (χ0v) is 18.1. The second-order valence-electron chi connectivity index (χ2n) is 8.73. The standard InChI is InChI=1S/C22H32N4O4/c1-15-8-11-24(12-9-15)17(3)14-23-21(27)20-5-4-10-25(20)22(28)18-6-7-19(26(29)30)16(2)13-18/h6-7,13,15,17,20H,4-5,8-12,14H2,1-3H3,(H,23,27). The monoisotopic (exact) mass is 416 g/mol. The molecule has 2 unspecified atom stereocenters. The maximum Gasteiger partial charge on any atom is 0.272 e. The van der Waals surface area contributed by atoms with Crippen molar-refractivity contribution in [2.45, 2.75) is 58.5 Å². The molecule has 30 heavy (non-hydrogen) atoms. The molecule has 0 radical (unpaired) electrons. The predicted molar refractivity (Wildman–Crippen MR) is 114 cm³/mol. The molecular formula is C22H32N4O4. The number of amides is 2. The number of rotatable bonds is 6. The number of hydrogen-bond donors (Lipinski definition) is 1. The predicted octanol–water partition coefficient (Wildman–Crippen LogP) is 2.74. The lowest BCUT2D eigenvalue weighted by Gasteiger charge is -2.35. The van der Waals surface area contributed by atoms with Crippen LogP contribution in [0.25, 0.3) is 0 Å². The van der Waals surface area contributed by atoms with E-state index < -0.39 is 11.0 Å². The third kappa shape index (κ3) is 4.98. The molecule has 164 valence electrons. The van der Waals surface area contributed by atoms with Crippen LogP contribution >= 0.6 is 0 Å². The highest BCUT2D eigenvalue weighted by molar-refractivity contribution is 5.98. The highest BCUT2D eigenvalue weighted by Gasteiger charge is 2.35.